The Kier molecular flexibility index (Phi) is 4.27. The number of hydrogen-bond donors (Lipinski definition) is 0. The molecule has 2 rings (SSSR count). The summed E-state index contributed by atoms with van der Waals surface area (Å²) in [5, 5.41) is 5.08. The number of alkyl halides is 6. The topological polar surface area (TPSA) is 24.7 Å². The van der Waals surface area contributed by atoms with Gasteiger partial charge in [-0.05, 0) is 12.1 Å². The van der Waals surface area contributed by atoms with Crippen LogP contribution < -0.4 is 0 Å². The molecule has 0 N–H and O–H groups in total. The third-order valence-electron chi connectivity index (χ3n) is 2.58. The fraction of sp³-hybridized carbons (Fsp3) is 0.182. The molecule has 1 aromatic rings. The van der Waals surface area contributed by atoms with E-state index in [1.54, 1.807) is 0 Å². The Hall–Kier alpha value is -1.19. The maximum Gasteiger partial charge on any atom is 0.421 e. The second kappa shape index (κ2) is 5.47. The van der Waals surface area contributed by atoms with E-state index in [0.29, 0.717) is 12.1 Å². The average molecular weight is 379 g/mol. The molecule has 0 unspecified atom stereocenters. The number of halogens is 8. The van der Waals surface area contributed by atoms with Gasteiger partial charge in [-0.1, -0.05) is 35.4 Å². The maximum absolute atomic E-state index is 12.9. The van der Waals surface area contributed by atoms with Gasteiger partial charge in [-0.15, -0.1) is 10.2 Å². The first kappa shape index (κ1) is 17.2. The summed E-state index contributed by atoms with van der Waals surface area (Å²) in [6.45, 7) is 0. The average Bonchev–Trinajstić information content (AvgIpc) is 2.68. The highest BCUT2D eigenvalue weighted by Gasteiger charge is 2.43. The summed E-state index contributed by atoms with van der Waals surface area (Å²) in [6.07, 6.45) is -9.65. The number of rotatable bonds is 1. The van der Waals surface area contributed by atoms with Crippen LogP contribution in [0.2, 0.25) is 10.0 Å². The molecule has 0 fully saturated rings. The van der Waals surface area contributed by atoms with Crippen LogP contribution in [-0.2, 0) is 6.18 Å². The molecule has 1 heterocycles. The lowest BCUT2D eigenvalue weighted by Gasteiger charge is -2.13. The first-order valence-corrected chi connectivity index (χ1v) is 6.43. The van der Waals surface area contributed by atoms with E-state index in [-0.39, 0.29) is 0 Å². The van der Waals surface area contributed by atoms with Crippen LogP contribution in [0.25, 0.3) is 5.70 Å². The first-order chi connectivity index (χ1) is 9.93. The van der Waals surface area contributed by atoms with Crippen LogP contribution in [0.15, 0.2) is 27.9 Å². The van der Waals surface area contributed by atoms with Gasteiger partial charge in [0.2, 0.25) is 0 Å². The molecule has 118 valence electrons. The second-order valence-electron chi connectivity index (χ2n) is 4.04. The van der Waals surface area contributed by atoms with Crippen molar-refractivity contribution < 1.29 is 26.3 Å². The lowest BCUT2D eigenvalue weighted by molar-refractivity contribution is -0.137. The van der Waals surface area contributed by atoms with Gasteiger partial charge in [0.05, 0.1) is 15.6 Å². The van der Waals surface area contributed by atoms with Crippen LogP contribution in [-0.4, -0.2) is 11.2 Å². The Morgan fingerprint density at radius 2 is 1.36 bits per heavy atom. The molecular weight excluding hydrogens is 377 g/mol. The van der Waals surface area contributed by atoms with Gasteiger partial charge in [0, 0.05) is 5.56 Å². The number of benzene rings is 1. The van der Waals surface area contributed by atoms with Crippen molar-refractivity contribution in [3.63, 3.8) is 0 Å². The molecule has 11 heteroatoms. The SMILES string of the molecule is FC(F)(F)C1=C(c2c(Cl)cc(C(F)(F)F)cc2Cl)N=NC1=S. The van der Waals surface area contributed by atoms with Crippen LogP contribution in [0.5, 0.6) is 0 Å². The zero-order valence-electron chi connectivity index (χ0n) is 9.98. The molecule has 2 nitrogen and oxygen atoms in total. The molecule has 22 heavy (non-hydrogen) atoms. The Labute approximate surface area is 134 Å². The van der Waals surface area contributed by atoms with Crippen LogP contribution in [0, 0.1) is 0 Å². The Morgan fingerprint density at radius 1 is 0.864 bits per heavy atom. The van der Waals surface area contributed by atoms with Crippen molar-refractivity contribution in [2.45, 2.75) is 12.4 Å². The van der Waals surface area contributed by atoms with E-state index < -0.39 is 49.8 Å². The zero-order chi connectivity index (χ0) is 16.9. The van der Waals surface area contributed by atoms with Crippen molar-refractivity contribution in [2.75, 3.05) is 0 Å². The molecule has 1 aromatic carbocycles. The van der Waals surface area contributed by atoms with E-state index >= 15 is 0 Å². The van der Waals surface area contributed by atoms with Gasteiger partial charge in [-0.3, -0.25) is 0 Å². The number of azo groups is 1. The molecule has 0 atom stereocenters. The largest absolute Gasteiger partial charge is 0.421 e. The van der Waals surface area contributed by atoms with Gasteiger partial charge < -0.3 is 0 Å². The quantitative estimate of drug-likeness (QED) is 0.429. The van der Waals surface area contributed by atoms with Crippen LogP contribution in [0.4, 0.5) is 26.3 Å². The van der Waals surface area contributed by atoms with E-state index in [0.717, 1.165) is 0 Å². The number of nitrogens with zero attached hydrogens (tertiary/aromatic N) is 2. The minimum Gasteiger partial charge on any atom is -0.166 e. The second-order valence-corrected chi connectivity index (χ2v) is 5.24. The Balaban J connectivity index is 2.71. The lowest BCUT2D eigenvalue weighted by atomic mass is 10.0. The molecule has 0 amide bonds. The highest BCUT2D eigenvalue weighted by Crippen LogP contribution is 2.44. The van der Waals surface area contributed by atoms with Gasteiger partial charge in [0.25, 0.3) is 0 Å². The van der Waals surface area contributed by atoms with Gasteiger partial charge in [-0.2, -0.15) is 26.3 Å². The summed E-state index contributed by atoms with van der Waals surface area (Å²) < 4.78 is 76.7. The van der Waals surface area contributed by atoms with E-state index in [9.17, 15) is 26.3 Å². The number of hydrogen-bond acceptors (Lipinski definition) is 2. The summed E-state index contributed by atoms with van der Waals surface area (Å²) in [7, 11) is 0. The molecule has 0 bridgehead atoms. The van der Waals surface area contributed by atoms with Crippen LogP contribution in [0.3, 0.4) is 0 Å². The molecule has 0 radical (unpaired) electrons. The molecule has 0 saturated carbocycles. The van der Waals surface area contributed by atoms with Crippen LogP contribution >= 0.6 is 35.4 Å². The summed E-state index contributed by atoms with van der Waals surface area (Å²) in [5.74, 6) is 0. The van der Waals surface area contributed by atoms with Crippen molar-refractivity contribution in [1.82, 2.24) is 0 Å². The normalized spacial score (nSPS) is 15.9. The summed E-state index contributed by atoms with van der Waals surface area (Å²) in [4.78, 5) is -0.838. The molecule has 0 aromatic heterocycles. The van der Waals surface area contributed by atoms with E-state index in [1.165, 1.54) is 0 Å². The van der Waals surface area contributed by atoms with Gasteiger partial charge in [-0.25, -0.2) is 0 Å². The smallest absolute Gasteiger partial charge is 0.166 e. The lowest BCUT2D eigenvalue weighted by Crippen LogP contribution is -2.17. The molecular formula is C11H2Cl2F6N2S. The van der Waals surface area contributed by atoms with E-state index in [2.05, 4.69) is 22.4 Å². The predicted octanol–water partition coefficient (Wildman–Crippen LogP) is 6.08. The van der Waals surface area contributed by atoms with Gasteiger partial charge in [0.1, 0.15) is 11.3 Å². The van der Waals surface area contributed by atoms with Gasteiger partial charge >= 0.3 is 12.4 Å². The monoisotopic (exact) mass is 378 g/mol. The van der Waals surface area contributed by atoms with E-state index in [4.69, 9.17) is 23.2 Å². The molecule has 0 spiro atoms. The summed E-state index contributed by atoms with van der Waals surface area (Å²) in [5.41, 5.74) is -3.88. The van der Waals surface area contributed by atoms with E-state index in [1.807, 2.05) is 0 Å². The molecule has 1 aliphatic heterocycles. The first-order valence-electron chi connectivity index (χ1n) is 5.27. The summed E-state index contributed by atoms with van der Waals surface area (Å²) >= 11 is 15.7. The van der Waals surface area contributed by atoms with Crippen molar-refractivity contribution in [1.29, 1.82) is 0 Å². The van der Waals surface area contributed by atoms with Crippen molar-refractivity contribution >= 4 is 46.1 Å². The third kappa shape index (κ3) is 3.11. The van der Waals surface area contributed by atoms with Crippen molar-refractivity contribution in [3.05, 3.63) is 38.9 Å². The highest BCUT2D eigenvalue weighted by molar-refractivity contribution is 7.80. The fourth-order valence-corrected chi connectivity index (χ4v) is 2.61. The Bertz CT molecular complexity index is 697. The minimum absolute atomic E-state index is 0.459. The Morgan fingerprint density at radius 3 is 1.77 bits per heavy atom. The third-order valence-corrected chi connectivity index (χ3v) is 3.46. The standard InChI is InChI=1S/C11H2Cl2F6N2S/c12-4-1-3(10(14,15)16)2-5(13)6(4)8-7(11(17,18)19)9(22)21-20-8/h1-2H. The van der Waals surface area contributed by atoms with Crippen LogP contribution in [0.1, 0.15) is 11.1 Å². The molecule has 0 saturated heterocycles. The van der Waals surface area contributed by atoms with Crippen molar-refractivity contribution in [2.24, 2.45) is 10.2 Å². The fourth-order valence-electron chi connectivity index (χ4n) is 1.69. The number of thiocarbonyl (C=S) groups is 1. The van der Waals surface area contributed by atoms with Crippen molar-refractivity contribution in [3.8, 4) is 0 Å². The maximum atomic E-state index is 12.9. The van der Waals surface area contributed by atoms with Gasteiger partial charge in [0.15, 0.2) is 4.99 Å². The zero-order valence-corrected chi connectivity index (χ0v) is 12.3. The molecule has 0 aliphatic carbocycles. The predicted molar refractivity (Wildman–Crippen MR) is 71.9 cm³/mol. The highest BCUT2D eigenvalue weighted by atomic mass is 35.5. The summed E-state index contributed by atoms with van der Waals surface area (Å²) in [6, 6.07) is 0.918. The minimum atomic E-state index is -4.90. The molecule has 1 aliphatic rings.